The summed E-state index contributed by atoms with van der Waals surface area (Å²) in [4.78, 5) is 26.4. The fraction of sp³-hybridized carbons (Fsp3) is 0.238. The van der Waals surface area contributed by atoms with Gasteiger partial charge in [-0.05, 0) is 68.6 Å². The van der Waals surface area contributed by atoms with Crippen LogP contribution in [0.5, 0.6) is 0 Å². The van der Waals surface area contributed by atoms with Crippen LogP contribution >= 0.6 is 27.3 Å². The van der Waals surface area contributed by atoms with E-state index in [1.807, 2.05) is 42.6 Å². The fourth-order valence-corrected chi connectivity index (χ4v) is 7.06. The minimum atomic E-state index is -0.526. The van der Waals surface area contributed by atoms with Gasteiger partial charge in [0, 0.05) is 17.0 Å². The molecule has 156 valence electrons. The zero-order chi connectivity index (χ0) is 21.3. The van der Waals surface area contributed by atoms with Gasteiger partial charge in [0.25, 0.3) is 5.91 Å². The summed E-state index contributed by atoms with van der Waals surface area (Å²) in [7, 11) is -0.407. The number of carbonyl (C=O) groups is 2. The average Bonchev–Trinajstić information content (AvgIpc) is 3.44. The van der Waals surface area contributed by atoms with E-state index in [1.54, 1.807) is 6.07 Å². The van der Waals surface area contributed by atoms with E-state index >= 15 is 0 Å². The normalized spacial score (nSPS) is 18.8. The number of carbonyl (C=O) groups excluding carboxylic acids is 2. The molecule has 0 spiro atoms. The van der Waals surface area contributed by atoms with E-state index in [1.165, 1.54) is 11.3 Å². The molecule has 9 heteroatoms. The van der Waals surface area contributed by atoms with E-state index in [0.717, 1.165) is 31.2 Å². The summed E-state index contributed by atoms with van der Waals surface area (Å²) in [5, 5.41) is 8.19. The van der Waals surface area contributed by atoms with Gasteiger partial charge in [-0.1, -0.05) is 24.3 Å². The third-order valence-corrected chi connectivity index (χ3v) is 9.24. The average molecular weight is 505 g/mol. The SMILES string of the molecule is Cc1ccccc1N[C@@H](CC1=C(Br)S2=NCC(NC(=O)c3cccs3)=C2C1)C(N)=O. The van der Waals surface area contributed by atoms with Crippen molar-refractivity contribution in [1.29, 1.82) is 0 Å². The van der Waals surface area contributed by atoms with Gasteiger partial charge < -0.3 is 16.4 Å². The predicted molar refractivity (Wildman–Crippen MR) is 126 cm³/mol. The number of allylic oxidation sites excluding steroid dienone is 1. The van der Waals surface area contributed by atoms with Crippen molar-refractivity contribution in [3.8, 4) is 0 Å². The lowest BCUT2D eigenvalue weighted by molar-refractivity contribution is -0.118. The lowest BCUT2D eigenvalue weighted by atomic mass is 10.0. The summed E-state index contributed by atoms with van der Waals surface area (Å²) in [5.41, 5.74) is 9.60. The first-order valence-corrected chi connectivity index (χ1v) is 12.3. The lowest BCUT2D eigenvalue weighted by Gasteiger charge is -2.19. The Bertz CT molecular complexity index is 1110. The van der Waals surface area contributed by atoms with E-state index in [4.69, 9.17) is 10.1 Å². The fourth-order valence-electron chi connectivity index (χ4n) is 3.41. The number of amides is 2. The van der Waals surface area contributed by atoms with Crippen LogP contribution in [0.1, 0.15) is 28.1 Å². The Hall–Kier alpha value is -2.23. The molecule has 2 amide bonds. The van der Waals surface area contributed by atoms with Gasteiger partial charge in [0.1, 0.15) is 6.04 Å². The van der Waals surface area contributed by atoms with Crippen LogP contribution in [0.4, 0.5) is 5.69 Å². The van der Waals surface area contributed by atoms with E-state index in [9.17, 15) is 9.59 Å². The highest BCUT2D eigenvalue weighted by molar-refractivity contribution is 9.13. The second-order valence-corrected chi connectivity index (χ2v) is 11.1. The van der Waals surface area contributed by atoms with Gasteiger partial charge >= 0.3 is 0 Å². The number of hydrogen-bond acceptors (Lipinski definition) is 5. The third kappa shape index (κ3) is 4.28. The molecule has 30 heavy (non-hydrogen) atoms. The molecule has 2 atom stereocenters. The minimum Gasteiger partial charge on any atom is -0.373 e. The number of halogens is 1. The van der Waals surface area contributed by atoms with Crippen molar-refractivity contribution in [1.82, 2.24) is 5.32 Å². The molecule has 2 aromatic rings. The van der Waals surface area contributed by atoms with Crippen molar-refractivity contribution in [3.63, 3.8) is 0 Å². The topological polar surface area (TPSA) is 96.6 Å². The molecule has 0 aliphatic carbocycles. The highest BCUT2D eigenvalue weighted by Crippen LogP contribution is 2.43. The molecule has 4 N–H and O–H groups in total. The monoisotopic (exact) mass is 504 g/mol. The molecule has 0 saturated heterocycles. The zero-order valence-corrected chi connectivity index (χ0v) is 19.5. The Kier molecular flexibility index (Phi) is 6.21. The molecule has 1 unspecified atom stereocenters. The molecule has 1 aromatic carbocycles. The van der Waals surface area contributed by atoms with E-state index in [0.29, 0.717) is 24.3 Å². The Morgan fingerprint density at radius 2 is 2.10 bits per heavy atom. The van der Waals surface area contributed by atoms with E-state index < -0.39 is 22.6 Å². The molecule has 1 aromatic heterocycles. The van der Waals surface area contributed by atoms with Gasteiger partial charge in [-0.2, -0.15) is 0 Å². The summed E-state index contributed by atoms with van der Waals surface area (Å²) in [5.74, 6) is -0.502. The van der Waals surface area contributed by atoms with Gasteiger partial charge in [-0.3, -0.25) is 9.59 Å². The van der Waals surface area contributed by atoms with Crippen LogP contribution in [-0.4, -0.2) is 24.4 Å². The maximum atomic E-state index is 12.4. The first kappa shape index (κ1) is 21.0. The Morgan fingerprint density at radius 3 is 2.80 bits per heavy atom. The van der Waals surface area contributed by atoms with Crippen molar-refractivity contribution >= 4 is 55.5 Å². The number of anilines is 1. The predicted octanol–water partition coefficient (Wildman–Crippen LogP) is 4.18. The van der Waals surface area contributed by atoms with Gasteiger partial charge in [-0.15, -0.1) is 11.3 Å². The molecular weight excluding hydrogens is 484 g/mol. The summed E-state index contributed by atoms with van der Waals surface area (Å²) in [6, 6.07) is 11.0. The van der Waals surface area contributed by atoms with Crippen LogP contribution in [-0.2, 0) is 15.5 Å². The van der Waals surface area contributed by atoms with Gasteiger partial charge in [0.2, 0.25) is 5.91 Å². The summed E-state index contributed by atoms with van der Waals surface area (Å²) >= 11 is 5.11. The number of para-hydroxylation sites is 1. The van der Waals surface area contributed by atoms with Crippen molar-refractivity contribution < 1.29 is 9.59 Å². The number of nitrogens with one attached hydrogen (secondary N) is 2. The van der Waals surface area contributed by atoms with Crippen LogP contribution in [0.2, 0.25) is 0 Å². The summed E-state index contributed by atoms with van der Waals surface area (Å²) < 4.78 is 5.69. The number of rotatable bonds is 7. The first-order valence-electron chi connectivity index (χ1n) is 9.42. The molecule has 0 saturated carbocycles. The molecular formula is C21H21BrN4O2S2. The van der Waals surface area contributed by atoms with Gasteiger partial charge in [0.05, 0.1) is 20.9 Å². The Labute approximate surface area is 189 Å². The minimum absolute atomic E-state index is 0.103. The number of nitrogens with zero attached hydrogens (tertiary/aromatic N) is 1. The zero-order valence-electron chi connectivity index (χ0n) is 16.3. The maximum absolute atomic E-state index is 12.4. The van der Waals surface area contributed by atoms with Crippen LogP contribution in [0.15, 0.2) is 66.1 Å². The third-order valence-electron chi connectivity index (χ3n) is 5.02. The molecule has 4 rings (SSSR count). The maximum Gasteiger partial charge on any atom is 0.265 e. The molecule has 0 radical (unpaired) electrons. The van der Waals surface area contributed by atoms with Crippen LogP contribution in [0, 0.1) is 6.92 Å². The summed E-state index contributed by atoms with van der Waals surface area (Å²) in [6.07, 6.45) is 1.16. The number of hydrogen-bond donors (Lipinski definition) is 3. The van der Waals surface area contributed by atoms with E-state index in [-0.39, 0.29) is 5.91 Å². The standard InChI is InChI=1S/C21H21BrN4O2S2/c1-12-5-2-3-6-14(12)25-15(20(23)27)9-13-10-18-16(11-24-30(18)19(13)22)26-21(28)17-7-4-8-29-17/h2-8,15,25H,9-11H2,1H3,(H2,23,27)(H,26,28)/t15-,30?/m0/s1. The lowest BCUT2D eigenvalue weighted by Crippen LogP contribution is -2.36. The molecule has 2 aliphatic rings. The van der Waals surface area contributed by atoms with Gasteiger partial charge in [0.15, 0.2) is 0 Å². The second-order valence-electron chi connectivity index (χ2n) is 7.08. The number of fused-ring (bicyclic) bond motifs is 1. The number of primary amides is 1. The Balaban J connectivity index is 1.50. The van der Waals surface area contributed by atoms with Gasteiger partial charge in [-0.25, -0.2) is 4.36 Å². The first-order chi connectivity index (χ1) is 14.4. The van der Waals surface area contributed by atoms with Crippen molar-refractivity contribution in [3.05, 3.63) is 72.2 Å². The number of nitrogens with two attached hydrogens (primary N) is 1. The van der Waals surface area contributed by atoms with E-state index in [2.05, 4.69) is 26.6 Å². The smallest absolute Gasteiger partial charge is 0.265 e. The number of thiophene rings is 1. The molecule has 3 heterocycles. The second kappa shape index (κ2) is 8.87. The van der Waals surface area contributed by atoms with Crippen LogP contribution in [0.3, 0.4) is 0 Å². The molecule has 2 aliphatic heterocycles. The number of aryl methyl sites for hydroxylation is 1. The van der Waals surface area contributed by atoms with Crippen molar-refractivity contribution in [2.75, 3.05) is 11.9 Å². The quantitative estimate of drug-likeness (QED) is 0.527. The van der Waals surface area contributed by atoms with Crippen LogP contribution in [0.25, 0.3) is 0 Å². The van der Waals surface area contributed by atoms with Crippen molar-refractivity contribution in [2.24, 2.45) is 10.1 Å². The molecule has 0 fully saturated rings. The largest absolute Gasteiger partial charge is 0.373 e. The van der Waals surface area contributed by atoms with Crippen molar-refractivity contribution in [2.45, 2.75) is 25.8 Å². The molecule has 6 nitrogen and oxygen atoms in total. The number of benzene rings is 1. The highest BCUT2D eigenvalue weighted by atomic mass is 79.9. The van der Waals surface area contributed by atoms with Crippen LogP contribution < -0.4 is 16.4 Å². The summed E-state index contributed by atoms with van der Waals surface area (Å²) in [6.45, 7) is 2.49. The Morgan fingerprint density at radius 1 is 1.30 bits per heavy atom. The molecule has 0 bridgehead atoms. The highest BCUT2D eigenvalue weighted by Gasteiger charge is 2.32.